The van der Waals surface area contributed by atoms with Crippen LogP contribution in [0.15, 0.2) is 30.3 Å². The molecule has 0 aliphatic carbocycles. The number of nitrogens with zero attached hydrogens (tertiary/aromatic N) is 4. The van der Waals surface area contributed by atoms with Gasteiger partial charge in [-0.15, -0.1) is 0 Å². The maximum Gasteiger partial charge on any atom is 0.319 e. The largest absolute Gasteiger partial charge is 0.339 e. The van der Waals surface area contributed by atoms with E-state index in [1.54, 1.807) is 23.9 Å². The molecule has 30 heavy (non-hydrogen) atoms. The number of benzene rings is 1. The van der Waals surface area contributed by atoms with Gasteiger partial charge < -0.3 is 24.9 Å². The minimum absolute atomic E-state index is 0.0345. The Kier molecular flexibility index (Phi) is 5.34. The number of urea groups is 2. The van der Waals surface area contributed by atoms with Gasteiger partial charge >= 0.3 is 12.1 Å². The standard InChI is InChI=1S/C22H31N5O3/c1-24(2)21(30)27-14-17-18(15-27)22(25(3)19(17)28)9-11-26(12-10-22)20(29)23-13-16-7-5-4-6-8-16/h4-8,17-18H,9-15H2,1-3H3,(H,23,29)/t17-,18+/m0/s1. The molecule has 162 valence electrons. The van der Waals surface area contributed by atoms with E-state index in [1.165, 1.54) is 0 Å². The highest BCUT2D eigenvalue weighted by Crippen LogP contribution is 2.49. The lowest BCUT2D eigenvalue weighted by molar-refractivity contribution is -0.133. The van der Waals surface area contributed by atoms with Gasteiger partial charge in [0.15, 0.2) is 0 Å². The summed E-state index contributed by atoms with van der Waals surface area (Å²) in [5.74, 6) is 0.141. The topological polar surface area (TPSA) is 76.2 Å². The summed E-state index contributed by atoms with van der Waals surface area (Å²) in [6, 6.07) is 9.76. The van der Waals surface area contributed by atoms with Gasteiger partial charge in [-0.05, 0) is 18.4 Å². The van der Waals surface area contributed by atoms with Gasteiger partial charge in [0, 0.05) is 59.8 Å². The average molecular weight is 414 g/mol. The van der Waals surface area contributed by atoms with Crippen molar-refractivity contribution >= 4 is 18.0 Å². The first kappa shape index (κ1) is 20.5. The average Bonchev–Trinajstić information content (AvgIpc) is 3.28. The summed E-state index contributed by atoms with van der Waals surface area (Å²) in [4.78, 5) is 45.2. The molecule has 0 unspecified atom stereocenters. The predicted molar refractivity (Wildman–Crippen MR) is 113 cm³/mol. The fraction of sp³-hybridized carbons (Fsp3) is 0.591. The van der Waals surface area contributed by atoms with E-state index in [4.69, 9.17) is 0 Å². The van der Waals surface area contributed by atoms with Gasteiger partial charge in [-0.1, -0.05) is 30.3 Å². The molecular weight excluding hydrogens is 382 g/mol. The van der Waals surface area contributed by atoms with E-state index in [1.807, 2.05) is 47.2 Å². The second kappa shape index (κ2) is 7.81. The molecule has 8 heteroatoms. The number of amides is 5. The van der Waals surface area contributed by atoms with Crippen LogP contribution in [0.5, 0.6) is 0 Å². The molecule has 5 amide bonds. The quantitative estimate of drug-likeness (QED) is 0.797. The molecular formula is C22H31N5O3. The first-order valence-electron chi connectivity index (χ1n) is 10.6. The number of nitrogens with one attached hydrogen (secondary N) is 1. The van der Waals surface area contributed by atoms with Crippen molar-refractivity contribution in [2.24, 2.45) is 11.8 Å². The van der Waals surface area contributed by atoms with Crippen molar-refractivity contribution in [1.29, 1.82) is 0 Å². The molecule has 0 saturated carbocycles. The summed E-state index contributed by atoms with van der Waals surface area (Å²) >= 11 is 0. The summed E-state index contributed by atoms with van der Waals surface area (Å²) in [5.41, 5.74) is 0.805. The lowest BCUT2D eigenvalue weighted by Gasteiger charge is -2.46. The maximum absolute atomic E-state index is 13.0. The second-order valence-corrected chi connectivity index (χ2v) is 8.93. The number of carbonyl (C=O) groups is 3. The van der Waals surface area contributed by atoms with Gasteiger partial charge in [-0.3, -0.25) is 4.79 Å². The van der Waals surface area contributed by atoms with E-state index in [9.17, 15) is 14.4 Å². The Balaban J connectivity index is 1.39. The highest BCUT2D eigenvalue weighted by atomic mass is 16.2. The Hall–Kier alpha value is -2.77. The van der Waals surface area contributed by atoms with Crippen molar-refractivity contribution < 1.29 is 14.4 Å². The summed E-state index contributed by atoms with van der Waals surface area (Å²) in [7, 11) is 5.38. The Morgan fingerprint density at radius 3 is 2.40 bits per heavy atom. The van der Waals surface area contributed by atoms with Crippen LogP contribution >= 0.6 is 0 Å². The van der Waals surface area contributed by atoms with E-state index >= 15 is 0 Å². The number of likely N-dealkylation sites (tertiary alicyclic amines) is 3. The smallest absolute Gasteiger partial charge is 0.319 e. The number of rotatable bonds is 2. The third-order valence-corrected chi connectivity index (χ3v) is 7.18. The first-order chi connectivity index (χ1) is 14.3. The van der Waals surface area contributed by atoms with E-state index in [2.05, 4.69) is 5.32 Å². The van der Waals surface area contributed by atoms with E-state index < -0.39 is 0 Å². The number of piperidine rings is 1. The molecule has 0 bridgehead atoms. The zero-order valence-corrected chi connectivity index (χ0v) is 18.0. The van der Waals surface area contributed by atoms with Crippen LogP contribution in [0.4, 0.5) is 9.59 Å². The molecule has 3 heterocycles. The number of hydrogen-bond acceptors (Lipinski definition) is 3. The van der Waals surface area contributed by atoms with Gasteiger partial charge in [0.05, 0.1) is 11.5 Å². The molecule has 1 spiro atoms. The Labute approximate surface area is 177 Å². The van der Waals surface area contributed by atoms with Crippen molar-refractivity contribution in [2.45, 2.75) is 24.9 Å². The molecule has 2 atom stereocenters. The Morgan fingerprint density at radius 1 is 1.10 bits per heavy atom. The molecule has 1 aromatic rings. The number of fused-ring (bicyclic) bond motifs is 2. The van der Waals surface area contributed by atoms with Crippen molar-refractivity contribution in [1.82, 2.24) is 24.9 Å². The van der Waals surface area contributed by atoms with Crippen LogP contribution < -0.4 is 5.32 Å². The Morgan fingerprint density at radius 2 is 1.77 bits per heavy atom. The van der Waals surface area contributed by atoms with Crippen LogP contribution in [-0.2, 0) is 11.3 Å². The summed E-state index contributed by atoms with van der Waals surface area (Å²) in [6.45, 7) is 2.84. The van der Waals surface area contributed by atoms with Gasteiger partial charge in [-0.2, -0.15) is 0 Å². The fourth-order valence-corrected chi connectivity index (χ4v) is 5.44. The van der Waals surface area contributed by atoms with Gasteiger partial charge in [0.2, 0.25) is 5.91 Å². The zero-order valence-electron chi connectivity index (χ0n) is 18.0. The number of carbonyl (C=O) groups excluding carboxylic acids is 3. The van der Waals surface area contributed by atoms with Gasteiger partial charge in [0.1, 0.15) is 0 Å². The Bertz CT molecular complexity index is 819. The van der Waals surface area contributed by atoms with Gasteiger partial charge in [0.25, 0.3) is 0 Å². The lowest BCUT2D eigenvalue weighted by atomic mass is 9.75. The molecule has 3 aliphatic heterocycles. The summed E-state index contributed by atoms with van der Waals surface area (Å²) in [6.07, 6.45) is 1.50. The lowest BCUT2D eigenvalue weighted by Crippen LogP contribution is -2.58. The van der Waals surface area contributed by atoms with Crippen molar-refractivity contribution in [3.63, 3.8) is 0 Å². The molecule has 0 aromatic heterocycles. The highest BCUT2D eigenvalue weighted by Gasteiger charge is 2.61. The zero-order chi connectivity index (χ0) is 21.5. The first-order valence-corrected chi connectivity index (χ1v) is 10.6. The van der Waals surface area contributed by atoms with Gasteiger partial charge in [-0.25, -0.2) is 9.59 Å². The predicted octanol–water partition coefficient (Wildman–Crippen LogP) is 1.43. The van der Waals surface area contributed by atoms with E-state index in [0.29, 0.717) is 32.7 Å². The molecule has 3 aliphatic rings. The maximum atomic E-state index is 13.0. The fourth-order valence-electron chi connectivity index (χ4n) is 5.44. The molecule has 3 saturated heterocycles. The molecule has 0 radical (unpaired) electrons. The number of hydrogen-bond donors (Lipinski definition) is 1. The van der Waals surface area contributed by atoms with Crippen LogP contribution in [0.25, 0.3) is 0 Å². The van der Waals surface area contributed by atoms with E-state index in [-0.39, 0.29) is 35.3 Å². The monoisotopic (exact) mass is 413 g/mol. The van der Waals surface area contributed by atoms with Crippen LogP contribution in [0.1, 0.15) is 18.4 Å². The molecule has 1 N–H and O–H groups in total. The molecule has 1 aromatic carbocycles. The van der Waals surface area contributed by atoms with Crippen molar-refractivity contribution in [2.75, 3.05) is 47.3 Å². The van der Waals surface area contributed by atoms with Crippen LogP contribution in [0, 0.1) is 11.8 Å². The summed E-state index contributed by atoms with van der Waals surface area (Å²) < 4.78 is 0. The molecule has 4 rings (SSSR count). The van der Waals surface area contributed by atoms with Crippen molar-refractivity contribution in [3.05, 3.63) is 35.9 Å². The normalized spacial score (nSPS) is 24.9. The minimum atomic E-state index is -0.265. The van der Waals surface area contributed by atoms with Crippen molar-refractivity contribution in [3.8, 4) is 0 Å². The molecule has 3 fully saturated rings. The van der Waals surface area contributed by atoms with Crippen LogP contribution in [0.3, 0.4) is 0 Å². The van der Waals surface area contributed by atoms with Crippen LogP contribution in [0.2, 0.25) is 0 Å². The third kappa shape index (κ3) is 3.38. The second-order valence-electron chi connectivity index (χ2n) is 8.93. The van der Waals surface area contributed by atoms with E-state index in [0.717, 1.165) is 18.4 Å². The highest BCUT2D eigenvalue weighted by molar-refractivity contribution is 5.85. The molecule has 8 nitrogen and oxygen atoms in total. The minimum Gasteiger partial charge on any atom is -0.339 e. The van der Waals surface area contributed by atoms with Crippen LogP contribution in [-0.4, -0.2) is 90.4 Å². The summed E-state index contributed by atoms with van der Waals surface area (Å²) in [5, 5.41) is 3.00. The SMILES string of the molecule is CN(C)C(=O)N1C[C@@H]2C(=O)N(C)C3(CCN(C(=O)NCc4ccccc4)CC3)[C@@H]2C1. The third-order valence-electron chi connectivity index (χ3n) is 7.18.